The van der Waals surface area contributed by atoms with Crippen molar-refractivity contribution in [1.29, 1.82) is 0 Å². The van der Waals surface area contributed by atoms with Gasteiger partial charge in [-0.1, -0.05) is 0 Å². The van der Waals surface area contributed by atoms with E-state index < -0.39 is 18.2 Å². The molecule has 0 spiro atoms. The molecule has 120 valence electrons. The molecule has 3 rings (SSSR count). The smallest absolute Gasteiger partial charge is 0.303 e. The molecule has 5 nitrogen and oxygen atoms in total. The highest BCUT2D eigenvalue weighted by Gasteiger charge is 2.37. The van der Waals surface area contributed by atoms with Crippen LogP contribution in [0.15, 0.2) is 11.4 Å². The third-order valence-electron chi connectivity index (χ3n) is 3.65. The summed E-state index contributed by atoms with van der Waals surface area (Å²) in [6, 6.07) is 1.58. The molecule has 0 bridgehead atoms. The van der Waals surface area contributed by atoms with E-state index in [9.17, 15) is 19.5 Å². The SMILES string of the molecule is CC(=O)O[C@H](C)c1csc2c1C(=O)c1cc([C@H](C)O)sc1C2=O. The molecule has 0 amide bonds. The van der Waals surface area contributed by atoms with Gasteiger partial charge in [0.15, 0.2) is 5.78 Å². The maximum absolute atomic E-state index is 12.8. The lowest BCUT2D eigenvalue weighted by Crippen LogP contribution is -2.19. The molecule has 1 N–H and O–H groups in total. The van der Waals surface area contributed by atoms with E-state index in [-0.39, 0.29) is 11.6 Å². The number of aliphatic hydroxyl groups excluding tert-OH is 1. The summed E-state index contributed by atoms with van der Waals surface area (Å²) >= 11 is 2.33. The fourth-order valence-corrected chi connectivity index (χ4v) is 4.77. The summed E-state index contributed by atoms with van der Waals surface area (Å²) in [5.41, 5.74) is 1.18. The molecule has 0 saturated carbocycles. The van der Waals surface area contributed by atoms with Gasteiger partial charge in [-0.05, 0) is 25.3 Å². The number of aliphatic hydroxyl groups is 1. The number of fused-ring (bicyclic) bond motifs is 2. The fourth-order valence-electron chi connectivity index (χ4n) is 2.58. The lowest BCUT2D eigenvalue weighted by atomic mass is 9.91. The summed E-state index contributed by atoms with van der Waals surface area (Å²) in [6.07, 6.45) is -1.33. The Kier molecular flexibility index (Phi) is 3.95. The number of rotatable bonds is 3. The minimum absolute atomic E-state index is 0.210. The second-order valence-electron chi connectivity index (χ2n) is 5.37. The average Bonchev–Trinajstić information content (AvgIpc) is 3.09. The zero-order valence-corrected chi connectivity index (χ0v) is 14.3. The summed E-state index contributed by atoms with van der Waals surface area (Å²) in [5, 5.41) is 11.4. The molecular formula is C16H14O5S2. The number of carbonyl (C=O) groups excluding carboxylic acids is 3. The molecule has 2 atom stereocenters. The Bertz CT molecular complexity index is 828. The van der Waals surface area contributed by atoms with E-state index in [0.29, 0.717) is 31.3 Å². The van der Waals surface area contributed by atoms with Gasteiger partial charge in [0.25, 0.3) is 0 Å². The first-order chi connectivity index (χ1) is 10.8. The van der Waals surface area contributed by atoms with Crippen molar-refractivity contribution in [2.24, 2.45) is 0 Å². The van der Waals surface area contributed by atoms with Crippen LogP contribution >= 0.6 is 22.7 Å². The highest BCUT2D eigenvalue weighted by Crippen LogP contribution is 2.41. The highest BCUT2D eigenvalue weighted by molar-refractivity contribution is 7.18. The van der Waals surface area contributed by atoms with Crippen molar-refractivity contribution in [3.63, 3.8) is 0 Å². The Labute approximate surface area is 140 Å². The summed E-state index contributed by atoms with van der Waals surface area (Å²) in [6.45, 7) is 4.57. The van der Waals surface area contributed by atoms with Crippen LogP contribution in [0.1, 0.15) is 73.9 Å². The van der Waals surface area contributed by atoms with Gasteiger partial charge >= 0.3 is 5.97 Å². The van der Waals surface area contributed by atoms with Crippen LogP contribution in [0.4, 0.5) is 0 Å². The van der Waals surface area contributed by atoms with E-state index >= 15 is 0 Å². The van der Waals surface area contributed by atoms with Crippen molar-refractivity contribution in [2.75, 3.05) is 0 Å². The number of ketones is 2. The minimum atomic E-state index is -0.733. The van der Waals surface area contributed by atoms with Gasteiger partial charge in [-0.3, -0.25) is 14.4 Å². The van der Waals surface area contributed by atoms with Crippen molar-refractivity contribution in [3.05, 3.63) is 42.8 Å². The van der Waals surface area contributed by atoms with E-state index in [0.717, 1.165) is 11.3 Å². The topological polar surface area (TPSA) is 80.7 Å². The van der Waals surface area contributed by atoms with Crippen molar-refractivity contribution >= 4 is 40.2 Å². The lowest BCUT2D eigenvalue weighted by molar-refractivity contribution is -0.145. The third-order valence-corrected chi connectivity index (χ3v) is 5.95. The van der Waals surface area contributed by atoms with Gasteiger partial charge < -0.3 is 9.84 Å². The van der Waals surface area contributed by atoms with Crippen LogP contribution in [-0.4, -0.2) is 22.6 Å². The Morgan fingerprint density at radius 1 is 1.22 bits per heavy atom. The highest BCUT2D eigenvalue weighted by atomic mass is 32.1. The zero-order valence-electron chi connectivity index (χ0n) is 12.7. The van der Waals surface area contributed by atoms with Crippen LogP contribution in [-0.2, 0) is 9.53 Å². The van der Waals surface area contributed by atoms with E-state index in [2.05, 4.69) is 0 Å². The summed E-state index contributed by atoms with van der Waals surface area (Å²) in [7, 11) is 0. The largest absolute Gasteiger partial charge is 0.458 e. The van der Waals surface area contributed by atoms with Crippen molar-refractivity contribution in [2.45, 2.75) is 33.0 Å². The average molecular weight is 350 g/mol. The van der Waals surface area contributed by atoms with Gasteiger partial charge in [0.1, 0.15) is 6.10 Å². The molecule has 0 unspecified atom stereocenters. The molecule has 2 heterocycles. The lowest BCUT2D eigenvalue weighted by Gasteiger charge is -2.15. The van der Waals surface area contributed by atoms with E-state index in [4.69, 9.17) is 4.74 Å². The second kappa shape index (κ2) is 5.67. The van der Waals surface area contributed by atoms with Gasteiger partial charge in [-0.15, -0.1) is 22.7 Å². The normalized spacial score (nSPS) is 15.8. The number of hydrogen-bond donors (Lipinski definition) is 1. The molecule has 1 aliphatic rings. The second-order valence-corrected chi connectivity index (χ2v) is 7.34. The third kappa shape index (κ3) is 2.54. The van der Waals surface area contributed by atoms with Crippen LogP contribution in [0.5, 0.6) is 0 Å². The first-order valence-electron chi connectivity index (χ1n) is 7.01. The fraction of sp³-hybridized carbons (Fsp3) is 0.312. The van der Waals surface area contributed by atoms with Crippen LogP contribution in [0, 0.1) is 0 Å². The molecule has 1 aliphatic carbocycles. The first-order valence-corrected chi connectivity index (χ1v) is 8.70. The van der Waals surface area contributed by atoms with Crippen LogP contribution in [0.2, 0.25) is 0 Å². The van der Waals surface area contributed by atoms with Crippen LogP contribution < -0.4 is 0 Å². The molecular weight excluding hydrogens is 336 g/mol. The molecule has 0 aliphatic heterocycles. The number of hydrogen-bond acceptors (Lipinski definition) is 7. The van der Waals surface area contributed by atoms with E-state index in [1.807, 2.05) is 0 Å². The molecule has 2 aromatic heterocycles. The van der Waals surface area contributed by atoms with Gasteiger partial charge in [0, 0.05) is 22.9 Å². The maximum Gasteiger partial charge on any atom is 0.303 e. The predicted molar refractivity (Wildman–Crippen MR) is 86.3 cm³/mol. The standard InChI is InChI=1S/C16H14O5S2/c1-6(17)11-4-9-13(19)12-10(7(2)21-8(3)18)5-22-16(12)14(20)15(9)23-11/h4-7,17H,1-3H3/t6-,7+/m0/s1. The molecule has 0 radical (unpaired) electrons. The van der Waals surface area contributed by atoms with Crippen LogP contribution in [0.25, 0.3) is 0 Å². The van der Waals surface area contributed by atoms with Gasteiger partial charge in [0.2, 0.25) is 5.78 Å². The van der Waals surface area contributed by atoms with E-state index in [1.165, 1.54) is 18.3 Å². The summed E-state index contributed by atoms with van der Waals surface area (Å²) in [5.74, 6) is -0.912. The van der Waals surface area contributed by atoms with Gasteiger partial charge in [0.05, 0.1) is 21.4 Å². The van der Waals surface area contributed by atoms with E-state index in [1.54, 1.807) is 25.3 Å². The van der Waals surface area contributed by atoms with Crippen molar-refractivity contribution in [3.8, 4) is 0 Å². The molecule has 0 aromatic carbocycles. The van der Waals surface area contributed by atoms with Gasteiger partial charge in [-0.25, -0.2) is 0 Å². The number of ether oxygens (including phenoxy) is 1. The maximum atomic E-state index is 12.8. The van der Waals surface area contributed by atoms with Crippen molar-refractivity contribution in [1.82, 2.24) is 0 Å². The first kappa shape index (κ1) is 16.0. The Morgan fingerprint density at radius 3 is 2.52 bits per heavy atom. The monoisotopic (exact) mass is 350 g/mol. The van der Waals surface area contributed by atoms with Gasteiger partial charge in [-0.2, -0.15) is 0 Å². The van der Waals surface area contributed by atoms with Crippen molar-refractivity contribution < 1.29 is 24.2 Å². The Morgan fingerprint density at radius 2 is 1.91 bits per heavy atom. The van der Waals surface area contributed by atoms with Crippen LogP contribution in [0.3, 0.4) is 0 Å². The zero-order chi connectivity index (χ0) is 16.9. The molecule has 23 heavy (non-hydrogen) atoms. The predicted octanol–water partition coefficient (Wildman–Crippen LogP) is 3.26. The molecule has 7 heteroatoms. The Balaban J connectivity index is 2.10. The number of thiophene rings is 2. The minimum Gasteiger partial charge on any atom is -0.458 e. The molecule has 0 fully saturated rings. The summed E-state index contributed by atoms with van der Waals surface area (Å²) in [4.78, 5) is 37.9. The number of esters is 1. The summed E-state index contributed by atoms with van der Waals surface area (Å²) < 4.78 is 5.14. The Hall–Kier alpha value is -1.83. The quantitative estimate of drug-likeness (QED) is 0.733. The number of carbonyl (C=O) groups is 3. The molecule has 0 saturated heterocycles. The molecule has 2 aromatic rings.